The lowest BCUT2D eigenvalue weighted by atomic mass is 9.93. The number of benzene rings is 1. The Kier molecular flexibility index (Phi) is 2.99. The quantitative estimate of drug-likeness (QED) is 0.716. The van der Waals surface area contributed by atoms with Crippen LogP contribution in [0.1, 0.15) is 24.8 Å². The van der Waals surface area contributed by atoms with Gasteiger partial charge in [0.1, 0.15) is 5.75 Å². The molecule has 4 nitrogen and oxygen atoms in total. The predicted octanol–water partition coefficient (Wildman–Crippen LogP) is 2.37. The molecule has 0 aliphatic heterocycles. The van der Waals surface area contributed by atoms with Crippen molar-refractivity contribution < 1.29 is 9.90 Å². The van der Waals surface area contributed by atoms with E-state index in [0.29, 0.717) is 17.3 Å². The van der Waals surface area contributed by atoms with E-state index in [9.17, 15) is 9.90 Å². The number of anilines is 1. The van der Waals surface area contributed by atoms with E-state index in [1.165, 1.54) is 6.42 Å². The number of hydrogen-bond acceptors (Lipinski definition) is 2. The first kappa shape index (κ1) is 10.8. The van der Waals surface area contributed by atoms with Gasteiger partial charge >= 0.3 is 6.03 Å². The molecule has 1 fully saturated rings. The maximum atomic E-state index is 11.6. The minimum Gasteiger partial charge on any atom is -0.508 e. The van der Waals surface area contributed by atoms with Crippen molar-refractivity contribution in [1.29, 1.82) is 0 Å². The Morgan fingerprint density at radius 2 is 2.19 bits per heavy atom. The molecule has 0 atom stereocenters. The van der Waals surface area contributed by atoms with Gasteiger partial charge in [0.15, 0.2) is 0 Å². The van der Waals surface area contributed by atoms with Gasteiger partial charge in [-0.3, -0.25) is 0 Å². The van der Waals surface area contributed by atoms with Crippen molar-refractivity contribution in [3.63, 3.8) is 0 Å². The summed E-state index contributed by atoms with van der Waals surface area (Å²) >= 11 is 0. The summed E-state index contributed by atoms with van der Waals surface area (Å²) < 4.78 is 0. The number of rotatable bonds is 2. The van der Waals surface area contributed by atoms with Crippen LogP contribution in [0.3, 0.4) is 0 Å². The van der Waals surface area contributed by atoms with E-state index in [4.69, 9.17) is 0 Å². The molecule has 1 aromatic carbocycles. The summed E-state index contributed by atoms with van der Waals surface area (Å²) in [4.78, 5) is 11.6. The maximum absolute atomic E-state index is 11.6. The molecule has 0 unspecified atom stereocenters. The molecule has 1 aromatic rings. The molecule has 0 spiro atoms. The molecule has 0 aromatic heterocycles. The summed E-state index contributed by atoms with van der Waals surface area (Å²) in [7, 11) is 0. The third-order valence-corrected chi connectivity index (χ3v) is 2.99. The van der Waals surface area contributed by atoms with E-state index in [2.05, 4.69) is 10.6 Å². The van der Waals surface area contributed by atoms with Gasteiger partial charge in [0.05, 0.1) is 0 Å². The van der Waals surface area contributed by atoms with Crippen molar-refractivity contribution in [1.82, 2.24) is 5.32 Å². The fourth-order valence-corrected chi connectivity index (χ4v) is 1.66. The topological polar surface area (TPSA) is 61.4 Å². The van der Waals surface area contributed by atoms with E-state index in [-0.39, 0.29) is 11.8 Å². The summed E-state index contributed by atoms with van der Waals surface area (Å²) in [6, 6.07) is 5.21. The van der Waals surface area contributed by atoms with Crippen LogP contribution in [0, 0.1) is 6.92 Å². The second-order valence-corrected chi connectivity index (χ2v) is 4.18. The maximum Gasteiger partial charge on any atom is 0.319 e. The van der Waals surface area contributed by atoms with Crippen LogP contribution in [0.15, 0.2) is 18.2 Å². The van der Waals surface area contributed by atoms with E-state index >= 15 is 0 Å². The number of nitrogens with one attached hydrogen (secondary N) is 2. The van der Waals surface area contributed by atoms with Gasteiger partial charge in [0.25, 0.3) is 0 Å². The van der Waals surface area contributed by atoms with Crippen LogP contribution in [-0.2, 0) is 0 Å². The Morgan fingerprint density at radius 3 is 2.81 bits per heavy atom. The highest BCUT2D eigenvalue weighted by Crippen LogP contribution is 2.24. The SMILES string of the molecule is Cc1c(O)cccc1NC(=O)NC1CCC1. The molecule has 16 heavy (non-hydrogen) atoms. The minimum absolute atomic E-state index is 0.196. The summed E-state index contributed by atoms with van der Waals surface area (Å²) in [5.74, 6) is 0.196. The molecule has 0 saturated heterocycles. The van der Waals surface area contributed by atoms with Crippen molar-refractivity contribution >= 4 is 11.7 Å². The fourth-order valence-electron chi connectivity index (χ4n) is 1.66. The third-order valence-electron chi connectivity index (χ3n) is 2.99. The van der Waals surface area contributed by atoms with Gasteiger partial charge in [0.2, 0.25) is 0 Å². The molecule has 0 bridgehead atoms. The largest absolute Gasteiger partial charge is 0.508 e. The summed E-state index contributed by atoms with van der Waals surface area (Å²) in [5, 5.41) is 15.1. The van der Waals surface area contributed by atoms with Gasteiger partial charge in [-0.25, -0.2) is 4.79 Å². The Balaban J connectivity index is 1.97. The lowest BCUT2D eigenvalue weighted by molar-refractivity contribution is 0.240. The smallest absolute Gasteiger partial charge is 0.319 e. The van der Waals surface area contributed by atoms with E-state index < -0.39 is 0 Å². The second kappa shape index (κ2) is 4.43. The van der Waals surface area contributed by atoms with Crippen LogP contribution in [0.5, 0.6) is 5.75 Å². The normalized spacial score (nSPS) is 15.3. The zero-order chi connectivity index (χ0) is 11.5. The van der Waals surface area contributed by atoms with Gasteiger partial charge in [-0.1, -0.05) is 6.07 Å². The standard InChI is InChI=1S/C12H16N2O2/c1-8-10(6-3-7-11(8)15)14-12(16)13-9-4-2-5-9/h3,6-7,9,15H,2,4-5H2,1H3,(H2,13,14,16). The lowest BCUT2D eigenvalue weighted by Gasteiger charge is -2.26. The zero-order valence-electron chi connectivity index (χ0n) is 9.29. The number of carbonyl (C=O) groups is 1. The molecule has 1 aliphatic rings. The van der Waals surface area contributed by atoms with Crippen molar-refractivity contribution in [2.24, 2.45) is 0 Å². The van der Waals surface area contributed by atoms with Crippen LogP contribution in [0.25, 0.3) is 0 Å². The summed E-state index contributed by atoms with van der Waals surface area (Å²) in [6.45, 7) is 1.77. The van der Waals surface area contributed by atoms with Gasteiger partial charge in [0, 0.05) is 17.3 Å². The molecule has 2 rings (SSSR count). The second-order valence-electron chi connectivity index (χ2n) is 4.18. The van der Waals surface area contributed by atoms with Gasteiger partial charge in [-0.2, -0.15) is 0 Å². The number of phenolic OH excluding ortho intramolecular Hbond substituents is 1. The van der Waals surface area contributed by atoms with Crippen molar-refractivity contribution in [2.45, 2.75) is 32.2 Å². The first-order valence-electron chi connectivity index (χ1n) is 5.53. The number of carbonyl (C=O) groups excluding carboxylic acids is 1. The summed E-state index contributed by atoms with van der Waals surface area (Å²) in [5.41, 5.74) is 1.34. The van der Waals surface area contributed by atoms with Crippen LogP contribution < -0.4 is 10.6 Å². The molecular weight excluding hydrogens is 204 g/mol. The molecule has 2 amide bonds. The van der Waals surface area contributed by atoms with Crippen molar-refractivity contribution in [3.05, 3.63) is 23.8 Å². The van der Waals surface area contributed by atoms with E-state index in [1.54, 1.807) is 25.1 Å². The predicted molar refractivity (Wildman–Crippen MR) is 62.6 cm³/mol. The Labute approximate surface area is 94.7 Å². The first-order chi connectivity index (χ1) is 7.66. The lowest BCUT2D eigenvalue weighted by Crippen LogP contribution is -2.41. The van der Waals surface area contributed by atoms with E-state index in [1.807, 2.05) is 0 Å². The molecule has 3 N–H and O–H groups in total. The molecule has 1 aliphatic carbocycles. The third kappa shape index (κ3) is 2.27. The Hall–Kier alpha value is -1.71. The van der Waals surface area contributed by atoms with Crippen LogP contribution in [-0.4, -0.2) is 17.2 Å². The monoisotopic (exact) mass is 220 g/mol. The molecule has 0 heterocycles. The highest BCUT2D eigenvalue weighted by atomic mass is 16.3. The number of aromatic hydroxyl groups is 1. The Morgan fingerprint density at radius 1 is 1.44 bits per heavy atom. The van der Waals surface area contributed by atoms with Crippen molar-refractivity contribution in [2.75, 3.05) is 5.32 Å². The average molecular weight is 220 g/mol. The highest BCUT2D eigenvalue weighted by Gasteiger charge is 2.19. The fraction of sp³-hybridized carbons (Fsp3) is 0.417. The van der Waals surface area contributed by atoms with Crippen LogP contribution >= 0.6 is 0 Å². The minimum atomic E-state index is -0.196. The van der Waals surface area contributed by atoms with Gasteiger partial charge in [-0.15, -0.1) is 0 Å². The van der Waals surface area contributed by atoms with Crippen molar-refractivity contribution in [3.8, 4) is 5.75 Å². The highest BCUT2D eigenvalue weighted by molar-refractivity contribution is 5.90. The number of amides is 2. The number of phenols is 1. The zero-order valence-corrected chi connectivity index (χ0v) is 9.29. The van der Waals surface area contributed by atoms with Gasteiger partial charge < -0.3 is 15.7 Å². The molecule has 0 radical (unpaired) electrons. The molecular formula is C12H16N2O2. The molecule has 86 valence electrons. The Bertz CT molecular complexity index is 400. The van der Waals surface area contributed by atoms with Crippen LogP contribution in [0.2, 0.25) is 0 Å². The van der Waals surface area contributed by atoms with E-state index in [0.717, 1.165) is 12.8 Å². The van der Waals surface area contributed by atoms with Crippen LogP contribution in [0.4, 0.5) is 10.5 Å². The van der Waals surface area contributed by atoms with Gasteiger partial charge in [-0.05, 0) is 38.3 Å². The number of urea groups is 1. The number of hydrogen-bond donors (Lipinski definition) is 3. The first-order valence-corrected chi connectivity index (χ1v) is 5.53. The average Bonchev–Trinajstić information content (AvgIpc) is 2.19. The molecule has 4 heteroatoms. The summed E-state index contributed by atoms with van der Waals surface area (Å²) in [6.07, 6.45) is 3.31. The molecule has 1 saturated carbocycles.